The van der Waals surface area contributed by atoms with Gasteiger partial charge in [0.1, 0.15) is 5.82 Å². The molecule has 0 aliphatic carbocycles. The number of halogens is 1. The first-order chi connectivity index (χ1) is 8.97. The maximum atomic E-state index is 12.9. The van der Waals surface area contributed by atoms with Gasteiger partial charge in [-0.3, -0.25) is 9.69 Å². The number of nitrogens with zero attached hydrogens (tertiary/aromatic N) is 2. The Labute approximate surface area is 114 Å². The van der Waals surface area contributed by atoms with Gasteiger partial charge >= 0.3 is 0 Å². The summed E-state index contributed by atoms with van der Waals surface area (Å²) in [6.45, 7) is 8.25. The first-order valence-corrected chi connectivity index (χ1v) is 6.73. The maximum absolute atomic E-state index is 12.9. The van der Waals surface area contributed by atoms with Gasteiger partial charge in [-0.1, -0.05) is 12.1 Å². The fourth-order valence-corrected chi connectivity index (χ4v) is 2.68. The summed E-state index contributed by atoms with van der Waals surface area (Å²) >= 11 is 0. The van der Waals surface area contributed by atoms with Gasteiger partial charge in [0.2, 0.25) is 5.91 Å². The van der Waals surface area contributed by atoms with Crippen LogP contribution in [0.25, 0.3) is 0 Å². The quantitative estimate of drug-likeness (QED) is 0.818. The monoisotopic (exact) mass is 264 g/mol. The van der Waals surface area contributed by atoms with Crippen molar-refractivity contribution in [1.29, 1.82) is 0 Å². The average molecular weight is 264 g/mol. The number of piperazine rings is 1. The minimum absolute atomic E-state index is 0.140. The topological polar surface area (TPSA) is 23.6 Å². The van der Waals surface area contributed by atoms with E-state index < -0.39 is 0 Å². The second-order valence-corrected chi connectivity index (χ2v) is 5.43. The highest BCUT2D eigenvalue weighted by Crippen LogP contribution is 2.18. The molecule has 19 heavy (non-hydrogen) atoms. The highest BCUT2D eigenvalue weighted by molar-refractivity contribution is 5.73. The zero-order valence-corrected chi connectivity index (χ0v) is 11.8. The summed E-state index contributed by atoms with van der Waals surface area (Å²) in [6.07, 6.45) is 0. The predicted molar refractivity (Wildman–Crippen MR) is 73.1 cm³/mol. The molecule has 1 unspecified atom stereocenters. The van der Waals surface area contributed by atoms with Crippen LogP contribution >= 0.6 is 0 Å². The summed E-state index contributed by atoms with van der Waals surface area (Å²) < 4.78 is 12.9. The Hall–Kier alpha value is -1.42. The molecule has 1 aliphatic heterocycles. The summed E-state index contributed by atoms with van der Waals surface area (Å²) in [5.74, 6) is -0.0626. The van der Waals surface area contributed by atoms with Gasteiger partial charge in [0, 0.05) is 38.6 Å². The van der Waals surface area contributed by atoms with Crippen LogP contribution in [0, 0.1) is 5.82 Å². The Kier molecular flexibility index (Phi) is 4.20. The van der Waals surface area contributed by atoms with Crippen molar-refractivity contribution in [3.05, 3.63) is 35.6 Å². The zero-order valence-electron chi connectivity index (χ0n) is 11.8. The van der Waals surface area contributed by atoms with Crippen LogP contribution in [0.4, 0.5) is 4.39 Å². The molecule has 3 nitrogen and oxygen atoms in total. The standard InChI is InChI=1S/C15H21FN2O/c1-11-9-18(13(3)19)12(2)8-17(11)10-14-4-6-15(16)7-5-14/h4-7,11-12H,8-10H2,1-3H3/t11?,12-/m0/s1. The van der Waals surface area contributed by atoms with Crippen molar-refractivity contribution < 1.29 is 9.18 Å². The van der Waals surface area contributed by atoms with E-state index in [9.17, 15) is 9.18 Å². The summed E-state index contributed by atoms with van der Waals surface area (Å²) in [5.41, 5.74) is 1.11. The molecule has 0 N–H and O–H groups in total. The Balaban J connectivity index is 2.02. The highest BCUT2D eigenvalue weighted by atomic mass is 19.1. The largest absolute Gasteiger partial charge is 0.337 e. The molecule has 0 saturated carbocycles. The molecule has 1 heterocycles. The summed E-state index contributed by atoms with van der Waals surface area (Å²) in [5, 5.41) is 0. The molecule has 1 amide bonds. The molecule has 0 radical (unpaired) electrons. The maximum Gasteiger partial charge on any atom is 0.219 e. The number of carbonyl (C=O) groups excluding carboxylic acids is 1. The summed E-state index contributed by atoms with van der Waals surface area (Å²) in [7, 11) is 0. The molecule has 0 spiro atoms. The summed E-state index contributed by atoms with van der Waals surface area (Å²) in [4.78, 5) is 15.8. The van der Waals surface area contributed by atoms with Crippen LogP contribution in [0.2, 0.25) is 0 Å². The SMILES string of the molecule is CC(=O)N1CC(C)N(Cc2ccc(F)cc2)C[C@@H]1C. The van der Waals surface area contributed by atoms with Crippen molar-refractivity contribution in [2.45, 2.75) is 39.4 Å². The van der Waals surface area contributed by atoms with Crippen LogP contribution in [0.1, 0.15) is 26.3 Å². The minimum atomic E-state index is -0.202. The van der Waals surface area contributed by atoms with Crippen LogP contribution in [-0.2, 0) is 11.3 Å². The number of carbonyl (C=O) groups is 1. The van der Waals surface area contributed by atoms with E-state index in [1.807, 2.05) is 17.0 Å². The fourth-order valence-electron chi connectivity index (χ4n) is 2.68. The Morgan fingerprint density at radius 3 is 2.42 bits per heavy atom. The zero-order chi connectivity index (χ0) is 14.0. The van der Waals surface area contributed by atoms with E-state index in [0.29, 0.717) is 6.04 Å². The third-order valence-electron chi connectivity index (χ3n) is 3.82. The first kappa shape index (κ1) is 14.0. The van der Waals surface area contributed by atoms with Gasteiger partial charge < -0.3 is 4.90 Å². The van der Waals surface area contributed by atoms with E-state index in [4.69, 9.17) is 0 Å². The molecular weight excluding hydrogens is 243 g/mol. The van der Waals surface area contributed by atoms with Crippen molar-refractivity contribution >= 4 is 5.91 Å². The van der Waals surface area contributed by atoms with Gasteiger partial charge in [0.15, 0.2) is 0 Å². The lowest BCUT2D eigenvalue weighted by molar-refractivity contribution is -0.134. The number of hydrogen-bond acceptors (Lipinski definition) is 2. The van der Waals surface area contributed by atoms with Gasteiger partial charge in [-0.05, 0) is 31.5 Å². The molecule has 4 heteroatoms. The smallest absolute Gasteiger partial charge is 0.219 e. The first-order valence-electron chi connectivity index (χ1n) is 6.73. The van der Waals surface area contributed by atoms with E-state index in [1.54, 1.807) is 6.92 Å². The molecule has 1 aliphatic rings. The van der Waals surface area contributed by atoms with Crippen LogP contribution in [-0.4, -0.2) is 40.9 Å². The van der Waals surface area contributed by atoms with Gasteiger partial charge in [-0.15, -0.1) is 0 Å². The summed E-state index contributed by atoms with van der Waals surface area (Å²) in [6, 6.07) is 7.19. The van der Waals surface area contributed by atoms with E-state index in [-0.39, 0.29) is 17.8 Å². The van der Waals surface area contributed by atoms with Crippen molar-refractivity contribution in [3.8, 4) is 0 Å². The number of benzene rings is 1. The molecule has 104 valence electrons. The Morgan fingerprint density at radius 2 is 1.84 bits per heavy atom. The van der Waals surface area contributed by atoms with Crippen LogP contribution < -0.4 is 0 Å². The molecule has 0 bridgehead atoms. The third kappa shape index (κ3) is 3.32. The van der Waals surface area contributed by atoms with E-state index >= 15 is 0 Å². The van der Waals surface area contributed by atoms with Crippen molar-refractivity contribution in [1.82, 2.24) is 9.80 Å². The second kappa shape index (κ2) is 5.70. The lowest BCUT2D eigenvalue weighted by atomic mass is 10.1. The molecule has 0 aromatic heterocycles. The van der Waals surface area contributed by atoms with Crippen molar-refractivity contribution in [3.63, 3.8) is 0 Å². The number of rotatable bonds is 2. The normalized spacial score (nSPS) is 24.5. The minimum Gasteiger partial charge on any atom is -0.337 e. The van der Waals surface area contributed by atoms with Crippen molar-refractivity contribution in [2.75, 3.05) is 13.1 Å². The van der Waals surface area contributed by atoms with Crippen LogP contribution in [0.15, 0.2) is 24.3 Å². The lowest BCUT2D eigenvalue weighted by Gasteiger charge is -2.43. The Morgan fingerprint density at radius 1 is 1.21 bits per heavy atom. The Bertz CT molecular complexity index is 446. The predicted octanol–water partition coefficient (Wildman–Crippen LogP) is 2.27. The number of amides is 1. The van der Waals surface area contributed by atoms with Gasteiger partial charge in [-0.25, -0.2) is 4.39 Å². The molecule has 2 atom stereocenters. The fraction of sp³-hybridized carbons (Fsp3) is 0.533. The molecule has 1 saturated heterocycles. The molecule has 1 fully saturated rings. The lowest BCUT2D eigenvalue weighted by Crippen LogP contribution is -2.57. The molecular formula is C15H21FN2O. The second-order valence-electron chi connectivity index (χ2n) is 5.43. The van der Waals surface area contributed by atoms with E-state index in [1.165, 1.54) is 12.1 Å². The molecule has 1 aromatic carbocycles. The van der Waals surface area contributed by atoms with Crippen molar-refractivity contribution in [2.24, 2.45) is 0 Å². The van der Waals surface area contributed by atoms with E-state index in [2.05, 4.69) is 18.7 Å². The molecule has 1 aromatic rings. The van der Waals surface area contributed by atoms with Gasteiger partial charge in [0.05, 0.1) is 0 Å². The number of hydrogen-bond donors (Lipinski definition) is 0. The third-order valence-corrected chi connectivity index (χ3v) is 3.82. The highest BCUT2D eigenvalue weighted by Gasteiger charge is 2.30. The van der Waals surface area contributed by atoms with Gasteiger partial charge in [0.25, 0.3) is 0 Å². The van der Waals surface area contributed by atoms with Gasteiger partial charge in [-0.2, -0.15) is 0 Å². The molecule has 2 rings (SSSR count). The van der Waals surface area contributed by atoms with E-state index in [0.717, 1.165) is 25.2 Å². The van der Waals surface area contributed by atoms with Crippen LogP contribution in [0.5, 0.6) is 0 Å². The average Bonchev–Trinajstić information content (AvgIpc) is 2.35. The van der Waals surface area contributed by atoms with Crippen LogP contribution in [0.3, 0.4) is 0 Å².